The highest BCUT2D eigenvalue weighted by molar-refractivity contribution is 7.98. The summed E-state index contributed by atoms with van der Waals surface area (Å²) >= 11 is 1.92. The molecule has 0 saturated carbocycles. The molecule has 1 fully saturated rings. The van der Waals surface area contributed by atoms with Crippen molar-refractivity contribution in [3.05, 3.63) is 5.82 Å². The lowest BCUT2D eigenvalue weighted by atomic mass is 10.3. The molecule has 0 spiro atoms. The first-order chi connectivity index (χ1) is 8.20. The molecule has 2 rings (SSSR count). The van der Waals surface area contributed by atoms with Crippen LogP contribution in [0.3, 0.4) is 0 Å². The Morgan fingerprint density at radius 1 is 1.24 bits per heavy atom. The third kappa shape index (κ3) is 3.13. The van der Waals surface area contributed by atoms with Crippen molar-refractivity contribution in [2.75, 3.05) is 49.6 Å². The number of hydrogen-bond acceptors (Lipinski definition) is 5. The fourth-order valence-electron chi connectivity index (χ4n) is 2.17. The summed E-state index contributed by atoms with van der Waals surface area (Å²) in [6.07, 6.45) is 2.17. The average molecular weight is 255 g/mol. The van der Waals surface area contributed by atoms with Gasteiger partial charge in [0.1, 0.15) is 5.82 Å². The molecule has 0 atom stereocenters. The Labute approximate surface area is 107 Å². The van der Waals surface area contributed by atoms with Crippen LogP contribution in [0, 0.1) is 6.92 Å². The van der Waals surface area contributed by atoms with Gasteiger partial charge in [-0.05, 0) is 13.2 Å². The van der Waals surface area contributed by atoms with E-state index in [4.69, 9.17) is 0 Å². The molecule has 1 saturated heterocycles. The first-order valence-corrected chi connectivity index (χ1v) is 7.44. The molecule has 0 radical (unpaired) electrons. The molecule has 0 bridgehead atoms. The maximum atomic E-state index is 4.48. The van der Waals surface area contributed by atoms with Crippen LogP contribution < -0.4 is 4.90 Å². The number of rotatable bonds is 4. The highest BCUT2D eigenvalue weighted by atomic mass is 32.2. The minimum Gasteiger partial charge on any atom is -0.338 e. The van der Waals surface area contributed by atoms with Gasteiger partial charge in [0.15, 0.2) is 0 Å². The first-order valence-electron chi connectivity index (χ1n) is 6.04. The fourth-order valence-corrected chi connectivity index (χ4v) is 2.61. The second kappa shape index (κ2) is 5.73. The smallest absolute Gasteiger partial charge is 0.223 e. The topological polar surface area (TPSA) is 37.2 Å². The van der Waals surface area contributed by atoms with Crippen molar-refractivity contribution in [2.45, 2.75) is 6.92 Å². The second-order valence-corrected chi connectivity index (χ2v) is 5.39. The van der Waals surface area contributed by atoms with Crippen molar-refractivity contribution >= 4 is 17.7 Å². The zero-order valence-electron chi connectivity index (χ0n) is 10.9. The number of aromatic nitrogens is 3. The molecule has 96 valence electrons. The van der Waals surface area contributed by atoms with E-state index in [-0.39, 0.29) is 0 Å². The van der Waals surface area contributed by atoms with Gasteiger partial charge in [-0.15, -0.1) is 0 Å². The van der Waals surface area contributed by atoms with E-state index in [1.807, 2.05) is 30.4 Å². The summed E-state index contributed by atoms with van der Waals surface area (Å²) in [6.45, 7) is 7.52. The monoisotopic (exact) mass is 255 g/mol. The molecular formula is C11H21N5S. The maximum absolute atomic E-state index is 4.48. The largest absolute Gasteiger partial charge is 0.338 e. The number of hydrogen-bond donors (Lipinski definition) is 0. The summed E-state index contributed by atoms with van der Waals surface area (Å²) < 4.78 is 1.88. The Morgan fingerprint density at radius 2 is 1.94 bits per heavy atom. The standard InChI is InChI=1S/C11H21N5S/c1-10-12-11(14(2)13-10)16-6-4-15(5-7-16)8-9-17-3/h4-9H2,1-3H3. The Bertz CT molecular complexity index is 357. The summed E-state index contributed by atoms with van der Waals surface area (Å²) in [5.74, 6) is 3.09. The van der Waals surface area contributed by atoms with Crippen molar-refractivity contribution in [2.24, 2.45) is 7.05 Å². The van der Waals surface area contributed by atoms with Gasteiger partial charge < -0.3 is 4.90 Å². The van der Waals surface area contributed by atoms with Crippen LogP contribution in [-0.2, 0) is 7.05 Å². The predicted octanol–water partition coefficient (Wildman–Crippen LogP) is 0.609. The van der Waals surface area contributed by atoms with Gasteiger partial charge in [-0.25, -0.2) is 4.68 Å². The summed E-state index contributed by atoms with van der Waals surface area (Å²) in [4.78, 5) is 9.33. The molecular weight excluding hydrogens is 234 g/mol. The molecule has 0 N–H and O–H groups in total. The maximum Gasteiger partial charge on any atom is 0.223 e. The lowest BCUT2D eigenvalue weighted by Gasteiger charge is -2.34. The van der Waals surface area contributed by atoms with E-state index in [2.05, 4.69) is 26.1 Å². The SMILES string of the molecule is CSCCN1CCN(c2nc(C)nn2C)CC1. The Morgan fingerprint density at radius 3 is 2.47 bits per heavy atom. The van der Waals surface area contributed by atoms with Gasteiger partial charge in [-0.2, -0.15) is 21.8 Å². The van der Waals surface area contributed by atoms with E-state index in [1.165, 1.54) is 12.3 Å². The molecule has 5 nitrogen and oxygen atoms in total. The van der Waals surface area contributed by atoms with E-state index in [0.717, 1.165) is 38.0 Å². The zero-order valence-corrected chi connectivity index (χ0v) is 11.7. The Balaban J connectivity index is 1.88. The third-order valence-electron chi connectivity index (χ3n) is 3.11. The van der Waals surface area contributed by atoms with E-state index in [9.17, 15) is 0 Å². The highest BCUT2D eigenvalue weighted by Gasteiger charge is 2.20. The fraction of sp³-hybridized carbons (Fsp3) is 0.818. The average Bonchev–Trinajstić information content (AvgIpc) is 2.66. The van der Waals surface area contributed by atoms with Crippen LogP contribution in [0.25, 0.3) is 0 Å². The molecule has 6 heteroatoms. The number of piperazine rings is 1. The van der Waals surface area contributed by atoms with Crippen LogP contribution in [0.4, 0.5) is 5.95 Å². The molecule has 1 aromatic heterocycles. The summed E-state index contributed by atoms with van der Waals surface area (Å²) in [5.41, 5.74) is 0. The Hall–Kier alpha value is -0.750. The van der Waals surface area contributed by atoms with Crippen LogP contribution in [0.5, 0.6) is 0 Å². The lowest BCUT2D eigenvalue weighted by Crippen LogP contribution is -2.47. The van der Waals surface area contributed by atoms with Crippen molar-refractivity contribution in [3.63, 3.8) is 0 Å². The van der Waals surface area contributed by atoms with E-state index in [1.54, 1.807) is 0 Å². The van der Waals surface area contributed by atoms with Gasteiger partial charge in [-0.3, -0.25) is 4.90 Å². The molecule has 0 aliphatic carbocycles. The summed E-state index contributed by atoms with van der Waals surface area (Å²) in [5, 5.41) is 4.30. The quantitative estimate of drug-likeness (QED) is 0.788. The van der Waals surface area contributed by atoms with Crippen molar-refractivity contribution < 1.29 is 0 Å². The number of nitrogens with zero attached hydrogens (tertiary/aromatic N) is 5. The third-order valence-corrected chi connectivity index (χ3v) is 3.70. The van der Waals surface area contributed by atoms with Crippen LogP contribution in [0.2, 0.25) is 0 Å². The van der Waals surface area contributed by atoms with Gasteiger partial charge in [-0.1, -0.05) is 0 Å². The zero-order chi connectivity index (χ0) is 12.3. The minimum atomic E-state index is 0.854. The molecule has 2 heterocycles. The number of aryl methyl sites for hydroxylation is 2. The molecule has 1 aliphatic heterocycles. The molecule has 0 unspecified atom stereocenters. The number of anilines is 1. The lowest BCUT2D eigenvalue weighted by molar-refractivity contribution is 0.271. The van der Waals surface area contributed by atoms with Crippen molar-refractivity contribution in [3.8, 4) is 0 Å². The van der Waals surface area contributed by atoms with Crippen LogP contribution in [-0.4, -0.2) is 64.4 Å². The van der Waals surface area contributed by atoms with Gasteiger partial charge in [0.05, 0.1) is 0 Å². The summed E-state index contributed by atoms with van der Waals surface area (Å²) in [7, 11) is 1.97. The van der Waals surface area contributed by atoms with E-state index in [0.29, 0.717) is 0 Å². The second-order valence-electron chi connectivity index (χ2n) is 4.40. The number of thioether (sulfide) groups is 1. The van der Waals surface area contributed by atoms with Crippen LogP contribution >= 0.6 is 11.8 Å². The molecule has 0 amide bonds. The van der Waals surface area contributed by atoms with Crippen molar-refractivity contribution in [1.29, 1.82) is 0 Å². The van der Waals surface area contributed by atoms with Gasteiger partial charge >= 0.3 is 0 Å². The van der Waals surface area contributed by atoms with Crippen LogP contribution in [0.15, 0.2) is 0 Å². The molecule has 0 aromatic carbocycles. The molecule has 1 aromatic rings. The summed E-state index contributed by atoms with van der Waals surface area (Å²) in [6, 6.07) is 0. The van der Waals surface area contributed by atoms with E-state index >= 15 is 0 Å². The van der Waals surface area contributed by atoms with Gasteiger partial charge in [0.25, 0.3) is 0 Å². The minimum absolute atomic E-state index is 0.854. The van der Waals surface area contributed by atoms with Gasteiger partial charge in [0, 0.05) is 45.5 Å². The van der Waals surface area contributed by atoms with Crippen molar-refractivity contribution in [1.82, 2.24) is 19.7 Å². The normalized spacial score (nSPS) is 17.7. The highest BCUT2D eigenvalue weighted by Crippen LogP contribution is 2.13. The van der Waals surface area contributed by atoms with Gasteiger partial charge in [0.2, 0.25) is 5.95 Å². The van der Waals surface area contributed by atoms with Crippen LogP contribution in [0.1, 0.15) is 5.82 Å². The predicted molar refractivity (Wildman–Crippen MR) is 72.8 cm³/mol. The van der Waals surface area contributed by atoms with E-state index < -0.39 is 0 Å². The Kier molecular flexibility index (Phi) is 4.28. The molecule has 17 heavy (non-hydrogen) atoms. The first kappa shape index (κ1) is 12.7. The molecule has 1 aliphatic rings.